The molecule has 286 valence electrons. The normalized spacial score (nSPS) is 14.7. The quantitative estimate of drug-likeness (QED) is 0.126. The molecule has 1 fully saturated rings. The number of carboxylic acids is 2. The van der Waals surface area contributed by atoms with Crippen molar-refractivity contribution in [3.63, 3.8) is 0 Å². The van der Waals surface area contributed by atoms with Gasteiger partial charge in [-0.2, -0.15) is 31.3 Å². The Balaban J connectivity index is 0.000000396. The van der Waals surface area contributed by atoms with E-state index >= 15 is 0 Å². The van der Waals surface area contributed by atoms with E-state index in [-0.39, 0.29) is 18.0 Å². The maximum Gasteiger partial charge on any atom is 0.490 e. The molecule has 2 aliphatic rings. The SMILES string of the molecule is O=C(Nc1ccc2cc1CCc1cccc(c1)Nc1ncc(Cl)c(n1)N2)N[C@H]1CCN(C(=O)c2ccncc2)C1.O=C(O)C(F)(F)F.O=C(O)C(F)(F)F. The molecule has 54 heavy (non-hydrogen) atoms. The van der Waals surface area contributed by atoms with Gasteiger partial charge in [-0.15, -0.1) is 0 Å². The molecule has 0 unspecified atom stereocenters. The lowest BCUT2D eigenvalue weighted by atomic mass is 10.0. The number of fused-ring (bicyclic) bond motifs is 6. The second kappa shape index (κ2) is 17.6. The second-order valence-electron chi connectivity index (χ2n) is 11.4. The van der Waals surface area contributed by atoms with E-state index in [1.54, 1.807) is 35.6 Å². The van der Waals surface area contributed by atoms with E-state index in [1.165, 1.54) is 0 Å². The third-order valence-electron chi connectivity index (χ3n) is 7.45. The molecule has 1 saturated heterocycles. The number of amides is 3. The molecule has 0 saturated carbocycles. The number of benzene rings is 2. The average Bonchev–Trinajstić information content (AvgIpc) is 3.57. The van der Waals surface area contributed by atoms with Crippen molar-refractivity contribution in [3.05, 3.63) is 94.9 Å². The number of nitrogens with one attached hydrogen (secondary N) is 4. The summed E-state index contributed by atoms with van der Waals surface area (Å²) < 4.78 is 63.5. The second-order valence-corrected chi connectivity index (χ2v) is 11.8. The molecule has 2 aromatic carbocycles. The van der Waals surface area contributed by atoms with Crippen LogP contribution in [0.4, 0.5) is 60.0 Å². The molecule has 4 aromatic rings. The summed E-state index contributed by atoms with van der Waals surface area (Å²) >= 11 is 6.37. The number of urea groups is 1. The Bertz CT molecular complexity index is 1960. The first kappa shape index (κ1) is 40.6. The fourth-order valence-corrected chi connectivity index (χ4v) is 5.09. The number of hydrogen-bond donors (Lipinski definition) is 6. The molecule has 0 aliphatic carbocycles. The van der Waals surface area contributed by atoms with Crippen LogP contribution in [0.1, 0.15) is 27.9 Å². The number of pyridine rings is 1. The number of nitrogens with zero attached hydrogens (tertiary/aromatic N) is 4. The smallest absolute Gasteiger partial charge is 0.475 e. The number of aryl methyl sites for hydroxylation is 2. The van der Waals surface area contributed by atoms with Gasteiger partial charge in [0.05, 0.1) is 6.20 Å². The summed E-state index contributed by atoms with van der Waals surface area (Å²) in [5.41, 5.74) is 5.07. The van der Waals surface area contributed by atoms with E-state index in [9.17, 15) is 35.9 Å². The van der Waals surface area contributed by atoms with Gasteiger partial charge in [0.25, 0.3) is 5.91 Å². The first-order valence-corrected chi connectivity index (χ1v) is 15.9. The molecule has 6 rings (SSSR count). The molecule has 1 atom stereocenters. The van der Waals surface area contributed by atoms with Crippen LogP contribution in [-0.2, 0) is 22.4 Å². The lowest BCUT2D eigenvalue weighted by Gasteiger charge is -2.18. The topological polar surface area (TPSA) is 199 Å². The van der Waals surface area contributed by atoms with Gasteiger partial charge in [0.1, 0.15) is 5.02 Å². The Hall–Kier alpha value is -6.18. The number of likely N-dealkylation sites (tertiary alicyclic amines) is 1. The fraction of sp³-hybridized carbons (Fsp3) is 0.242. The van der Waals surface area contributed by atoms with Gasteiger partial charge in [-0.1, -0.05) is 23.7 Å². The van der Waals surface area contributed by atoms with Gasteiger partial charge < -0.3 is 36.4 Å². The first-order valence-electron chi connectivity index (χ1n) is 15.5. The summed E-state index contributed by atoms with van der Waals surface area (Å²) in [7, 11) is 0. The third-order valence-corrected chi connectivity index (χ3v) is 7.73. The number of carbonyl (C=O) groups excluding carboxylic acids is 2. The molecular weight excluding hydrogens is 754 g/mol. The van der Waals surface area contributed by atoms with E-state index in [0.29, 0.717) is 54.0 Å². The van der Waals surface area contributed by atoms with Crippen molar-refractivity contribution < 1.29 is 55.7 Å². The highest BCUT2D eigenvalue weighted by Crippen LogP contribution is 2.29. The van der Waals surface area contributed by atoms with Crippen LogP contribution >= 0.6 is 11.6 Å². The highest BCUT2D eigenvalue weighted by atomic mass is 35.5. The molecule has 6 N–H and O–H groups in total. The van der Waals surface area contributed by atoms with Crippen molar-refractivity contribution >= 4 is 64.3 Å². The number of alkyl halides is 6. The lowest BCUT2D eigenvalue weighted by molar-refractivity contribution is -0.193. The van der Waals surface area contributed by atoms with E-state index < -0.39 is 24.3 Å². The minimum Gasteiger partial charge on any atom is -0.475 e. The standard InChI is InChI=1S/C29H27ClN8O2.2C2HF3O2/c30-24-16-32-28-34-21-3-1-2-18(14-21)4-5-20-15-22(33-26(24)37-28)6-7-25(20)36-29(40)35-23-10-13-38(17-23)27(39)19-8-11-31-12-9-19;2*3-2(4,5)1(6)7/h1-3,6-9,11-12,14-16,23H,4-5,10,13,17H2,(H2,35,36,40)(H2,32,33,34,37);2*(H,6,7)/t23-;;/m0../s1. The largest absolute Gasteiger partial charge is 0.490 e. The number of carboxylic acid groups (broad SMARTS) is 2. The van der Waals surface area contributed by atoms with Crippen LogP contribution in [0.3, 0.4) is 0 Å². The van der Waals surface area contributed by atoms with Crippen LogP contribution in [-0.4, -0.2) is 85.4 Å². The van der Waals surface area contributed by atoms with Gasteiger partial charge in [0.15, 0.2) is 5.82 Å². The van der Waals surface area contributed by atoms with Crippen LogP contribution < -0.4 is 21.3 Å². The average molecular weight is 783 g/mol. The van der Waals surface area contributed by atoms with Gasteiger partial charge in [0.2, 0.25) is 5.95 Å². The maximum absolute atomic E-state index is 13.0. The highest BCUT2D eigenvalue weighted by Gasteiger charge is 2.39. The van der Waals surface area contributed by atoms with E-state index in [0.717, 1.165) is 28.9 Å². The van der Waals surface area contributed by atoms with Crippen molar-refractivity contribution in [1.29, 1.82) is 0 Å². The molecular formula is C33H29ClF6N8O6. The van der Waals surface area contributed by atoms with Crippen molar-refractivity contribution in [2.24, 2.45) is 0 Å². The number of carbonyl (C=O) groups is 4. The van der Waals surface area contributed by atoms with Crippen LogP contribution in [0, 0.1) is 0 Å². The summed E-state index contributed by atoms with van der Waals surface area (Å²) in [5, 5.41) is 27.2. The Labute approximate surface area is 306 Å². The van der Waals surface area contributed by atoms with Crippen molar-refractivity contribution in [3.8, 4) is 0 Å². The predicted octanol–water partition coefficient (Wildman–Crippen LogP) is 6.41. The Morgan fingerprint density at radius 1 is 0.870 bits per heavy atom. The van der Waals surface area contributed by atoms with Gasteiger partial charge in [0, 0.05) is 54.2 Å². The van der Waals surface area contributed by atoms with E-state index in [2.05, 4.69) is 48.4 Å². The van der Waals surface area contributed by atoms with Crippen LogP contribution in [0.2, 0.25) is 5.02 Å². The van der Waals surface area contributed by atoms with E-state index in [4.69, 9.17) is 31.4 Å². The van der Waals surface area contributed by atoms with Crippen LogP contribution in [0.15, 0.2) is 73.2 Å². The summed E-state index contributed by atoms with van der Waals surface area (Å²) in [5.74, 6) is -4.66. The first-order chi connectivity index (χ1) is 25.4. The minimum absolute atomic E-state index is 0.0587. The molecule has 2 aromatic heterocycles. The zero-order chi connectivity index (χ0) is 39.6. The number of aromatic nitrogens is 3. The zero-order valence-corrected chi connectivity index (χ0v) is 28.3. The monoisotopic (exact) mass is 782 g/mol. The summed E-state index contributed by atoms with van der Waals surface area (Å²) in [6.45, 7) is 1.04. The minimum atomic E-state index is -5.08. The van der Waals surface area contributed by atoms with Gasteiger partial charge in [-0.05, 0) is 72.9 Å². The molecule has 0 spiro atoms. The van der Waals surface area contributed by atoms with Crippen LogP contribution in [0.5, 0.6) is 0 Å². The van der Waals surface area contributed by atoms with Crippen molar-refractivity contribution in [2.75, 3.05) is 29.0 Å². The Morgan fingerprint density at radius 2 is 1.52 bits per heavy atom. The predicted molar refractivity (Wildman–Crippen MR) is 182 cm³/mol. The molecule has 14 nitrogen and oxygen atoms in total. The van der Waals surface area contributed by atoms with Gasteiger partial charge >= 0.3 is 30.3 Å². The number of rotatable bonds is 3. The molecule has 3 amide bonds. The fourth-order valence-electron chi connectivity index (χ4n) is 4.95. The molecule has 6 bridgehead atoms. The third kappa shape index (κ3) is 11.9. The maximum atomic E-state index is 13.0. The van der Waals surface area contributed by atoms with Gasteiger partial charge in [-0.3, -0.25) is 9.78 Å². The number of aliphatic carboxylic acids is 2. The number of anilines is 5. The van der Waals surface area contributed by atoms with Crippen molar-refractivity contribution in [2.45, 2.75) is 37.7 Å². The van der Waals surface area contributed by atoms with Gasteiger partial charge in [-0.25, -0.2) is 19.4 Å². The summed E-state index contributed by atoms with van der Waals surface area (Å²) in [6, 6.07) is 16.8. The zero-order valence-electron chi connectivity index (χ0n) is 27.5. The van der Waals surface area contributed by atoms with Crippen LogP contribution in [0.25, 0.3) is 0 Å². The van der Waals surface area contributed by atoms with E-state index in [1.807, 2.05) is 30.3 Å². The Morgan fingerprint density at radius 3 is 2.17 bits per heavy atom. The molecule has 0 radical (unpaired) electrons. The lowest BCUT2D eigenvalue weighted by Crippen LogP contribution is -2.40. The summed E-state index contributed by atoms with van der Waals surface area (Å²) in [6.07, 6.45) is -3.26. The highest BCUT2D eigenvalue weighted by molar-refractivity contribution is 6.32. The number of halogens is 7. The molecule has 4 heterocycles. The van der Waals surface area contributed by atoms with Crippen molar-refractivity contribution in [1.82, 2.24) is 25.2 Å². The number of hydrogen-bond acceptors (Lipinski definition) is 9. The molecule has 2 aliphatic heterocycles. The Kier molecular flexibility index (Phi) is 13.2. The summed E-state index contributed by atoms with van der Waals surface area (Å²) in [4.78, 5) is 58.1. The molecule has 21 heteroatoms.